The van der Waals surface area contributed by atoms with Crippen LogP contribution in [0, 0.1) is 0 Å². The van der Waals surface area contributed by atoms with Crippen molar-refractivity contribution in [3.05, 3.63) is 36.0 Å². The molecule has 0 bridgehead atoms. The van der Waals surface area contributed by atoms with Crippen molar-refractivity contribution in [2.24, 2.45) is 0 Å². The van der Waals surface area contributed by atoms with Crippen LogP contribution in [0.3, 0.4) is 0 Å². The van der Waals surface area contributed by atoms with E-state index in [2.05, 4.69) is 24.9 Å². The van der Waals surface area contributed by atoms with Crippen LogP contribution >= 0.6 is 0 Å². The lowest BCUT2D eigenvalue weighted by molar-refractivity contribution is 0.0883. The largest absolute Gasteiger partial charge is 0.390 e. The van der Waals surface area contributed by atoms with Crippen LogP contribution in [0.4, 0.5) is 5.82 Å². The minimum atomic E-state index is -0.446. The minimum absolute atomic E-state index is 0.446. The topological polar surface area (TPSA) is 79.5 Å². The zero-order valence-electron chi connectivity index (χ0n) is 14.3. The maximum absolute atomic E-state index is 10.4. The Kier molecular flexibility index (Phi) is 4.91. The van der Waals surface area contributed by atoms with E-state index in [-0.39, 0.29) is 0 Å². The Morgan fingerprint density at radius 3 is 2.84 bits per heavy atom. The molecule has 4 heterocycles. The summed E-state index contributed by atoms with van der Waals surface area (Å²) in [6.07, 6.45) is 5.72. The van der Waals surface area contributed by atoms with Crippen LogP contribution in [0.5, 0.6) is 0 Å². The summed E-state index contributed by atoms with van der Waals surface area (Å²) in [6, 6.07) is 1.87. The number of nitrogens with zero attached hydrogens (tertiary/aromatic N) is 6. The van der Waals surface area contributed by atoms with Gasteiger partial charge in [0, 0.05) is 57.1 Å². The standard InChI is InChI=1S/C17H24N6O2/c24-14(11-23-4-1-3-20-23)10-21-5-2-16-15(12-21)17(19-13-18-16)22-6-8-25-9-7-22/h1,3-4,13-14,24H,2,5-12H2/t14-/m1/s1. The van der Waals surface area contributed by atoms with E-state index in [9.17, 15) is 5.11 Å². The molecule has 2 aromatic heterocycles. The molecule has 0 saturated carbocycles. The van der Waals surface area contributed by atoms with Crippen LogP contribution in [0.2, 0.25) is 0 Å². The molecular weight excluding hydrogens is 320 g/mol. The molecule has 4 rings (SSSR count). The number of rotatable bonds is 5. The van der Waals surface area contributed by atoms with Crippen molar-refractivity contribution in [1.82, 2.24) is 24.6 Å². The lowest BCUT2D eigenvalue weighted by atomic mass is 10.0. The fourth-order valence-corrected chi connectivity index (χ4v) is 3.57. The van der Waals surface area contributed by atoms with E-state index in [1.807, 2.05) is 12.3 Å². The molecule has 0 aliphatic carbocycles. The highest BCUT2D eigenvalue weighted by Gasteiger charge is 2.25. The number of fused-ring (bicyclic) bond motifs is 1. The van der Waals surface area contributed by atoms with Gasteiger partial charge in [-0.1, -0.05) is 0 Å². The van der Waals surface area contributed by atoms with Gasteiger partial charge in [-0.2, -0.15) is 5.10 Å². The minimum Gasteiger partial charge on any atom is -0.390 e. The number of ether oxygens (including phenoxy) is 1. The first-order valence-corrected chi connectivity index (χ1v) is 8.83. The van der Waals surface area contributed by atoms with Crippen molar-refractivity contribution >= 4 is 5.82 Å². The van der Waals surface area contributed by atoms with Gasteiger partial charge < -0.3 is 14.7 Å². The average Bonchev–Trinajstić information content (AvgIpc) is 3.14. The van der Waals surface area contributed by atoms with Crippen molar-refractivity contribution in [3.63, 3.8) is 0 Å². The van der Waals surface area contributed by atoms with Gasteiger partial charge in [0.15, 0.2) is 0 Å². The number of β-amino-alcohol motifs (C(OH)–C–C–N with tert-alkyl or cyclic N) is 1. The van der Waals surface area contributed by atoms with Gasteiger partial charge in [-0.05, 0) is 6.07 Å². The van der Waals surface area contributed by atoms with E-state index >= 15 is 0 Å². The van der Waals surface area contributed by atoms with E-state index in [0.717, 1.165) is 57.3 Å². The molecule has 8 nitrogen and oxygen atoms in total. The van der Waals surface area contributed by atoms with Crippen molar-refractivity contribution in [2.45, 2.75) is 25.6 Å². The summed E-state index contributed by atoms with van der Waals surface area (Å²) >= 11 is 0. The molecule has 0 amide bonds. The lowest BCUT2D eigenvalue weighted by Crippen LogP contribution is -2.41. The van der Waals surface area contributed by atoms with Crippen LogP contribution in [0.25, 0.3) is 0 Å². The number of aliphatic hydroxyl groups is 1. The highest BCUT2D eigenvalue weighted by molar-refractivity contribution is 5.49. The number of morpholine rings is 1. The van der Waals surface area contributed by atoms with E-state index < -0.39 is 6.10 Å². The van der Waals surface area contributed by atoms with E-state index in [1.165, 1.54) is 5.56 Å². The number of anilines is 1. The Morgan fingerprint density at radius 2 is 2.04 bits per heavy atom. The smallest absolute Gasteiger partial charge is 0.136 e. The first kappa shape index (κ1) is 16.4. The third-order valence-corrected chi connectivity index (χ3v) is 4.79. The monoisotopic (exact) mass is 344 g/mol. The fourth-order valence-electron chi connectivity index (χ4n) is 3.57. The SMILES string of the molecule is O[C@H](CN1CCc2ncnc(N3CCOCC3)c2C1)Cn1cccn1. The lowest BCUT2D eigenvalue weighted by Gasteiger charge is -2.34. The zero-order valence-corrected chi connectivity index (χ0v) is 14.3. The van der Waals surface area contributed by atoms with E-state index in [1.54, 1.807) is 17.2 Å². The summed E-state index contributed by atoms with van der Waals surface area (Å²) < 4.78 is 7.22. The highest BCUT2D eigenvalue weighted by atomic mass is 16.5. The molecule has 25 heavy (non-hydrogen) atoms. The molecule has 8 heteroatoms. The second-order valence-electron chi connectivity index (χ2n) is 6.59. The maximum atomic E-state index is 10.4. The van der Waals surface area contributed by atoms with Crippen LogP contribution < -0.4 is 4.90 Å². The Labute approximate surface area is 147 Å². The van der Waals surface area contributed by atoms with E-state index in [0.29, 0.717) is 13.1 Å². The molecule has 0 spiro atoms. The molecule has 2 aliphatic heterocycles. The number of aromatic nitrogens is 4. The van der Waals surface area contributed by atoms with Crippen LogP contribution in [0.15, 0.2) is 24.8 Å². The molecular formula is C17H24N6O2. The van der Waals surface area contributed by atoms with Crippen LogP contribution in [0.1, 0.15) is 11.3 Å². The van der Waals surface area contributed by atoms with Crippen LogP contribution in [-0.2, 0) is 24.2 Å². The normalized spacial score (nSPS) is 19.6. The Morgan fingerprint density at radius 1 is 1.16 bits per heavy atom. The van der Waals surface area contributed by atoms with Crippen LogP contribution in [-0.4, -0.2) is 75.3 Å². The maximum Gasteiger partial charge on any atom is 0.136 e. The quantitative estimate of drug-likeness (QED) is 0.813. The van der Waals surface area contributed by atoms with Gasteiger partial charge in [0.2, 0.25) is 0 Å². The number of aliphatic hydroxyl groups excluding tert-OH is 1. The third-order valence-electron chi connectivity index (χ3n) is 4.79. The van der Waals surface area contributed by atoms with Gasteiger partial charge in [-0.25, -0.2) is 9.97 Å². The average molecular weight is 344 g/mol. The van der Waals surface area contributed by atoms with Gasteiger partial charge >= 0.3 is 0 Å². The third kappa shape index (κ3) is 3.81. The first-order valence-electron chi connectivity index (χ1n) is 8.83. The molecule has 1 atom stereocenters. The number of hydrogen-bond acceptors (Lipinski definition) is 7. The Hall–Kier alpha value is -2.03. The molecule has 1 N–H and O–H groups in total. The number of hydrogen-bond donors (Lipinski definition) is 1. The Balaban J connectivity index is 1.44. The van der Waals surface area contributed by atoms with E-state index in [4.69, 9.17) is 4.74 Å². The summed E-state index contributed by atoms with van der Waals surface area (Å²) in [5.74, 6) is 1.03. The highest BCUT2D eigenvalue weighted by Crippen LogP contribution is 2.26. The van der Waals surface area contributed by atoms with Crippen molar-refractivity contribution in [1.29, 1.82) is 0 Å². The molecule has 0 aromatic carbocycles. The van der Waals surface area contributed by atoms with Crippen molar-refractivity contribution < 1.29 is 9.84 Å². The second kappa shape index (κ2) is 7.47. The first-order chi connectivity index (χ1) is 12.3. The molecule has 2 aromatic rings. The summed E-state index contributed by atoms with van der Waals surface area (Å²) in [5.41, 5.74) is 2.33. The molecule has 2 aliphatic rings. The van der Waals surface area contributed by atoms with Crippen molar-refractivity contribution in [2.75, 3.05) is 44.3 Å². The second-order valence-corrected chi connectivity index (χ2v) is 6.59. The predicted octanol–water partition coefficient (Wildman–Crippen LogP) is -0.0711. The van der Waals surface area contributed by atoms with Crippen molar-refractivity contribution in [3.8, 4) is 0 Å². The summed E-state index contributed by atoms with van der Waals surface area (Å²) in [6.45, 7) is 6.03. The van der Waals surface area contributed by atoms with Gasteiger partial charge in [-0.15, -0.1) is 0 Å². The Bertz CT molecular complexity index is 686. The van der Waals surface area contributed by atoms with Gasteiger partial charge in [0.1, 0.15) is 12.1 Å². The summed E-state index contributed by atoms with van der Waals surface area (Å²) in [4.78, 5) is 13.6. The predicted molar refractivity (Wildman–Crippen MR) is 92.3 cm³/mol. The fraction of sp³-hybridized carbons (Fsp3) is 0.588. The molecule has 134 valence electrons. The van der Waals surface area contributed by atoms with Gasteiger partial charge in [0.25, 0.3) is 0 Å². The summed E-state index contributed by atoms with van der Waals surface area (Å²) in [5, 5.41) is 14.5. The molecule has 1 fully saturated rings. The zero-order chi connectivity index (χ0) is 17.1. The van der Waals surface area contributed by atoms with Gasteiger partial charge in [-0.3, -0.25) is 9.58 Å². The molecule has 0 unspecified atom stereocenters. The molecule has 0 radical (unpaired) electrons. The molecule has 1 saturated heterocycles. The van der Waals surface area contributed by atoms with Gasteiger partial charge in [0.05, 0.1) is 31.6 Å². The summed E-state index contributed by atoms with van der Waals surface area (Å²) in [7, 11) is 0.